The molecule has 1 aliphatic heterocycles. The Hall–Kier alpha value is -3.74. The summed E-state index contributed by atoms with van der Waals surface area (Å²) in [4.78, 5) is 23.4. The van der Waals surface area contributed by atoms with Gasteiger partial charge in [0, 0.05) is 25.2 Å². The van der Waals surface area contributed by atoms with Gasteiger partial charge < -0.3 is 10.2 Å². The van der Waals surface area contributed by atoms with Gasteiger partial charge in [-0.2, -0.15) is 5.10 Å². The third kappa shape index (κ3) is 3.99. The van der Waals surface area contributed by atoms with E-state index in [0.29, 0.717) is 6.54 Å². The monoisotopic (exact) mass is 412 g/mol. The van der Waals surface area contributed by atoms with Crippen LogP contribution in [0.5, 0.6) is 0 Å². The van der Waals surface area contributed by atoms with Crippen molar-refractivity contribution in [2.24, 2.45) is 0 Å². The van der Waals surface area contributed by atoms with Crippen LogP contribution in [-0.4, -0.2) is 43.6 Å². The van der Waals surface area contributed by atoms with Crippen LogP contribution in [0.3, 0.4) is 0 Å². The number of hydrogen-bond acceptors (Lipinski definition) is 5. The number of hydrogen-bond donors (Lipinski definition) is 1. The highest BCUT2D eigenvalue weighted by atomic mass is 16.2. The van der Waals surface area contributed by atoms with Gasteiger partial charge in [-0.05, 0) is 49.1 Å². The van der Waals surface area contributed by atoms with Crippen LogP contribution in [0.1, 0.15) is 35.2 Å². The first kappa shape index (κ1) is 19.2. The zero-order valence-electron chi connectivity index (χ0n) is 17.2. The van der Waals surface area contributed by atoms with Crippen molar-refractivity contribution in [3.63, 3.8) is 0 Å². The van der Waals surface area contributed by atoms with Crippen molar-refractivity contribution in [1.82, 2.24) is 24.6 Å². The van der Waals surface area contributed by atoms with Crippen LogP contribution in [-0.2, 0) is 6.54 Å². The molecule has 1 amide bonds. The molecule has 0 aliphatic carbocycles. The van der Waals surface area contributed by atoms with Crippen molar-refractivity contribution in [1.29, 1.82) is 0 Å². The number of fused-ring (bicyclic) bond motifs is 1. The summed E-state index contributed by atoms with van der Waals surface area (Å²) in [7, 11) is 0. The topological polar surface area (TPSA) is 75.9 Å². The van der Waals surface area contributed by atoms with Gasteiger partial charge in [-0.1, -0.05) is 30.3 Å². The number of piperidine rings is 1. The molecule has 7 nitrogen and oxygen atoms in total. The number of nitrogens with one attached hydrogen (secondary N) is 1. The van der Waals surface area contributed by atoms with Gasteiger partial charge in [0.05, 0.1) is 17.3 Å². The molecule has 1 N–H and O–H groups in total. The Labute approximate surface area is 180 Å². The number of para-hydroxylation sites is 1. The van der Waals surface area contributed by atoms with Crippen LogP contribution < -0.4 is 5.32 Å². The molecule has 0 atom stereocenters. The number of carbonyl (C=O) groups excluding carboxylic acids is 1. The van der Waals surface area contributed by atoms with E-state index in [1.165, 1.54) is 6.42 Å². The lowest BCUT2D eigenvalue weighted by atomic mass is 10.1. The van der Waals surface area contributed by atoms with Crippen LogP contribution >= 0.6 is 0 Å². The average Bonchev–Trinajstić information content (AvgIpc) is 3.29. The Bertz CT molecular complexity index is 1180. The summed E-state index contributed by atoms with van der Waals surface area (Å²) >= 11 is 0. The second-order valence-corrected chi connectivity index (χ2v) is 7.75. The minimum absolute atomic E-state index is 0.130. The molecule has 1 fully saturated rings. The fourth-order valence-electron chi connectivity index (χ4n) is 3.97. The molecule has 156 valence electrons. The summed E-state index contributed by atoms with van der Waals surface area (Å²) in [6.07, 6.45) is 6.75. The minimum atomic E-state index is 0.130. The van der Waals surface area contributed by atoms with Crippen LogP contribution in [0.4, 0.5) is 5.82 Å². The van der Waals surface area contributed by atoms with Gasteiger partial charge in [0.2, 0.25) is 0 Å². The third-order valence-corrected chi connectivity index (χ3v) is 5.67. The highest BCUT2D eigenvalue weighted by Crippen LogP contribution is 2.22. The predicted molar refractivity (Wildman–Crippen MR) is 120 cm³/mol. The molecule has 5 rings (SSSR count). The van der Waals surface area contributed by atoms with E-state index in [2.05, 4.69) is 20.4 Å². The summed E-state index contributed by atoms with van der Waals surface area (Å²) in [5.74, 6) is 0.866. The Morgan fingerprint density at radius 2 is 1.71 bits per heavy atom. The van der Waals surface area contributed by atoms with Gasteiger partial charge in [-0.15, -0.1) is 0 Å². The fourth-order valence-corrected chi connectivity index (χ4v) is 3.97. The molecule has 3 heterocycles. The molecule has 31 heavy (non-hydrogen) atoms. The van der Waals surface area contributed by atoms with E-state index in [9.17, 15) is 4.79 Å². The SMILES string of the molecule is O=C(c1ccc(CNc2ncnc3c2cnn3-c2ccccc2)cc1)N1CCCCC1. The number of benzene rings is 2. The van der Waals surface area contributed by atoms with Crippen molar-refractivity contribution in [3.05, 3.63) is 78.2 Å². The van der Waals surface area contributed by atoms with Gasteiger partial charge in [-0.25, -0.2) is 14.6 Å². The number of aromatic nitrogens is 4. The minimum Gasteiger partial charge on any atom is -0.365 e. The smallest absolute Gasteiger partial charge is 0.253 e. The molecule has 2 aromatic carbocycles. The first-order chi connectivity index (χ1) is 15.3. The van der Waals surface area contributed by atoms with E-state index in [-0.39, 0.29) is 5.91 Å². The summed E-state index contributed by atoms with van der Waals surface area (Å²) in [6.45, 7) is 2.33. The number of rotatable bonds is 5. The van der Waals surface area contributed by atoms with Crippen molar-refractivity contribution < 1.29 is 4.79 Å². The number of anilines is 1. The van der Waals surface area contributed by atoms with Crippen LogP contribution in [0.15, 0.2) is 67.1 Å². The molecule has 0 spiro atoms. The van der Waals surface area contributed by atoms with Gasteiger partial charge in [0.1, 0.15) is 12.1 Å². The van der Waals surface area contributed by atoms with E-state index >= 15 is 0 Å². The normalized spacial score (nSPS) is 14.0. The number of amides is 1. The van der Waals surface area contributed by atoms with Gasteiger partial charge >= 0.3 is 0 Å². The molecule has 0 radical (unpaired) electrons. The zero-order chi connectivity index (χ0) is 21.0. The standard InChI is InChI=1S/C24H24N6O/c31-24(29-13-5-2-6-14-29)19-11-9-18(10-12-19)15-25-22-21-16-28-30(23(21)27-17-26-22)20-7-3-1-4-8-20/h1,3-4,7-12,16-17H,2,5-6,13-15H2,(H,25,26,27). The van der Waals surface area contributed by atoms with Crippen LogP contribution in [0.2, 0.25) is 0 Å². The maximum atomic E-state index is 12.6. The third-order valence-electron chi connectivity index (χ3n) is 5.67. The van der Waals surface area contributed by atoms with Gasteiger partial charge in [0.15, 0.2) is 5.65 Å². The molecule has 1 saturated heterocycles. The van der Waals surface area contributed by atoms with Crippen molar-refractivity contribution in [2.75, 3.05) is 18.4 Å². The lowest BCUT2D eigenvalue weighted by Gasteiger charge is -2.26. The lowest BCUT2D eigenvalue weighted by Crippen LogP contribution is -2.35. The molecular formula is C24H24N6O. The van der Waals surface area contributed by atoms with Crippen molar-refractivity contribution in [3.8, 4) is 5.69 Å². The Morgan fingerprint density at radius 1 is 0.935 bits per heavy atom. The highest BCUT2D eigenvalue weighted by Gasteiger charge is 2.18. The van der Waals surface area contributed by atoms with Crippen molar-refractivity contribution >= 4 is 22.8 Å². The Balaban J connectivity index is 1.30. The first-order valence-electron chi connectivity index (χ1n) is 10.7. The maximum absolute atomic E-state index is 12.6. The van der Waals surface area contributed by atoms with E-state index in [1.807, 2.05) is 64.2 Å². The summed E-state index contributed by atoms with van der Waals surface area (Å²) in [5.41, 5.74) is 3.54. The highest BCUT2D eigenvalue weighted by molar-refractivity contribution is 5.94. The average molecular weight is 412 g/mol. The van der Waals surface area contributed by atoms with Gasteiger partial charge in [-0.3, -0.25) is 4.79 Å². The summed E-state index contributed by atoms with van der Waals surface area (Å²) < 4.78 is 1.81. The summed E-state index contributed by atoms with van der Waals surface area (Å²) in [5, 5.41) is 8.73. The molecule has 7 heteroatoms. The molecular weight excluding hydrogens is 388 g/mol. The molecule has 0 unspecified atom stereocenters. The molecule has 2 aromatic heterocycles. The number of carbonyl (C=O) groups is 1. The second kappa shape index (κ2) is 8.55. The largest absolute Gasteiger partial charge is 0.365 e. The molecule has 0 saturated carbocycles. The molecule has 0 bridgehead atoms. The van der Waals surface area contributed by atoms with Crippen LogP contribution in [0.25, 0.3) is 16.7 Å². The predicted octanol–water partition coefficient (Wildman–Crippen LogP) is 4.05. The quantitative estimate of drug-likeness (QED) is 0.535. The maximum Gasteiger partial charge on any atom is 0.253 e. The zero-order valence-corrected chi connectivity index (χ0v) is 17.2. The van der Waals surface area contributed by atoms with Gasteiger partial charge in [0.25, 0.3) is 5.91 Å². The van der Waals surface area contributed by atoms with Crippen molar-refractivity contribution in [2.45, 2.75) is 25.8 Å². The summed E-state index contributed by atoms with van der Waals surface area (Å²) in [6, 6.07) is 17.7. The van der Waals surface area contributed by atoms with E-state index in [1.54, 1.807) is 12.5 Å². The number of nitrogens with zero attached hydrogens (tertiary/aromatic N) is 5. The molecule has 1 aliphatic rings. The fraction of sp³-hybridized carbons (Fsp3) is 0.250. The first-order valence-corrected chi connectivity index (χ1v) is 10.7. The van der Waals surface area contributed by atoms with E-state index in [0.717, 1.165) is 59.6 Å². The van der Waals surface area contributed by atoms with E-state index < -0.39 is 0 Å². The van der Waals surface area contributed by atoms with Crippen LogP contribution in [0, 0.1) is 0 Å². The van der Waals surface area contributed by atoms with E-state index in [4.69, 9.17) is 0 Å². The molecule has 4 aromatic rings. The second-order valence-electron chi connectivity index (χ2n) is 7.75. The lowest BCUT2D eigenvalue weighted by molar-refractivity contribution is 0.0724. The number of likely N-dealkylation sites (tertiary alicyclic amines) is 1. The Kier molecular flexibility index (Phi) is 5.31. The Morgan fingerprint density at radius 3 is 2.48 bits per heavy atom.